The lowest BCUT2D eigenvalue weighted by Gasteiger charge is -2.35. The van der Waals surface area contributed by atoms with Crippen molar-refractivity contribution in [3.8, 4) is 0 Å². The van der Waals surface area contributed by atoms with Crippen molar-refractivity contribution < 1.29 is 13.9 Å². The lowest BCUT2D eigenvalue weighted by molar-refractivity contribution is -0.140. The van der Waals surface area contributed by atoms with Gasteiger partial charge < -0.3 is 14.5 Å². The highest BCUT2D eigenvalue weighted by Crippen LogP contribution is 2.25. The number of pyridine rings is 1. The summed E-state index contributed by atoms with van der Waals surface area (Å²) in [5.74, 6) is 0.495. The molecule has 2 aliphatic rings. The number of hydrogen-bond acceptors (Lipinski definition) is 4. The van der Waals surface area contributed by atoms with Crippen LogP contribution in [-0.4, -0.2) is 60.0 Å². The van der Waals surface area contributed by atoms with E-state index in [9.17, 15) is 9.18 Å². The fourth-order valence-electron chi connectivity index (χ4n) is 4.55. The van der Waals surface area contributed by atoms with Gasteiger partial charge in [0, 0.05) is 25.1 Å². The van der Waals surface area contributed by atoms with Crippen LogP contribution in [0.1, 0.15) is 49.2 Å². The smallest absolute Gasteiger partial charge is 0.223 e. The van der Waals surface area contributed by atoms with Crippen LogP contribution in [0.4, 0.5) is 4.39 Å². The predicted octanol–water partition coefficient (Wildman–Crippen LogP) is 3.83. The molecule has 2 saturated heterocycles. The molecule has 0 radical (unpaired) electrons. The normalized spacial score (nSPS) is 20.7. The summed E-state index contributed by atoms with van der Waals surface area (Å²) in [7, 11) is 0. The van der Waals surface area contributed by atoms with Crippen molar-refractivity contribution in [1.29, 1.82) is 0 Å². The third-order valence-electron chi connectivity index (χ3n) is 6.52. The fourth-order valence-corrected chi connectivity index (χ4v) is 4.55. The van der Waals surface area contributed by atoms with E-state index in [2.05, 4.69) is 11.8 Å². The molecule has 0 spiro atoms. The summed E-state index contributed by atoms with van der Waals surface area (Å²) < 4.78 is 20.0. The molecule has 1 aromatic carbocycles. The number of ether oxygens (including phenoxy) is 1. The van der Waals surface area contributed by atoms with Crippen LogP contribution in [0.3, 0.4) is 0 Å². The highest BCUT2D eigenvalue weighted by atomic mass is 19.1. The van der Waals surface area contributed by atoms with Gasteiger partial charge in [0.25, 0.3) is 0 Å². The number of piperidine rings is 1. The van der Waals surface area contributed by atoms with Crippen molar-refractivity contribution in [1.82, 2.24) is 14.8 Å². The van der Waals surface area contributed by atoms with Crippen molar-refractivity contribution in [3.05, 3.63) is 65.2 Å². The van der Waals surface area contributed by atoms with E-state index in [0.717, 1.165) is 43.9 Å². The second-order valence-corrected chi connectivity index (χ2v) is 8.60. The number of carbonyl (C=O) groups excluding carboxylic acids is 1. The molecule has 5 nitrogen and oxygen atoms in total. The molecule has 1 amide bonds. The van der Waals surface area contributed by atoms with Crippen LogP contribution in [0.15, 0.2) is 42.5 Å². The third kappa shape index (κ3) is 5.69. The number of likely N-dealkylation sites (tertiary alicyclic amines) is 1. The van der Waals surface area contributed by atoms with Gasteiger partial charge in [-0.05, 0) is 62.2 Å². The topological polar surface area (TPSA) is 45.7 Å². The van der Waals surface area contributed by atoms with E-state index in [1.807, 2.05) is 29.2 Å². The number of aromatic nitrogens is 1. The Labute approximate surface area is 184 Å². The molecule has 4 rings (SSSR count). The van der Waals surface area contributed by atoms with Crippen LogP contribution in [0.2, 0.25) is 0 Å². The molecule has 2 aromatic rings. The largest absolute Gasteiger partial charge is 0.368 e. The Balaban J connectivity index is 1.36. The van der Waals surface area contributed by atoms with Crippen LogP contribution in [0.25, 0.3) is 0 Å². The molecular formula is C25H32FN3O2. The Morgan fingerprint density at radius 1 is 1.13 bits per heavy atom. The molecule has 0 N–H and O–H groups in total. The van der Waals surface area contributed by atoms with Crippen LogP contribution < -0.4 is 0 Å². The van der Waals surface area contributed by atoms with E-state index in [4.69, 9.17) is 9.72 Å². The summed E-state index contributed by atoms with van der Waals surface area (Å²) in [6.07, 6.45) is 3.04. The summed E-state index contributed by atoms with van der Waals surface area (Å²) >= 11 is 0. The van der Waals surface area contributed by atoms with E-state index in [-0.39, 0.29) is 17.8 Å². The Hall–Kier alpha value is -2.31. The zero-order chi connectivity index (χ0) is 21.6. The maximum absolute atomic E-state index is 14.0. The van der Waals surface area contributed by atoms with Crippen molar-refractivity contribution in [2.75, 3.05) is 39.3 Å². The average Bonchev–Trinajstić information content (AvgIpc) is 2.81. The second kappa shape index (κ2) is 10.3. The number of hydrogen-bond donors (Lipinski definition) is 0. The highest BCUT2D eigenvalue weighted by molar-refractivity contribution is 5.76. The average molecular weight is 426 g/mol. The molecular weight excluding hydrogens is 393 g/mol. The minimum Gasteiger partial charge on any atom is -0.368 e. The van der Waals surface area contributed by atoms with Crippen LogP contribution in [0, 0.1) is 11.7 Å². The van der Waals surface area contributed by atoms with E-state index < -0.39 is 0 Å². The van der Waals surface area contributed by atoms with Gasteiger partial charge in [0.2, 0.25) is 5.91 Å². The monoisotopic (exact) mass is 425 g/mol. The van der Waals surface area contributed by atoms with Gasteiger partial charge in [-0.25, -0.2) is 4.39 Å². The quantitative estimate of drug-likeness (QED) is 0.706. The number of amides is 1. The summed E-state index contributed by atoms with van der Waals surface area (Å²) in [4.78, 5) is 22.0. The van der Waals surface area contributed by atoms with E-state index >= 15 is 0 Å². The molecule has 0 saturated carbocycles. The maximum Gasteiger partial charge on any atom is 0.223 e. The van der Waals surface area contributed by atoms with Gasteiger partial charge in [0.15, 0.2) is 0 Å². The number of morpholine rings is 1. The van der Waals surface area contributed by atoms with Gasteiger partial charge in [-0.3, -0.25) is 9.78 Å². The Bertz CT molecular complexity index is 883. The van der Waals surface area contributed by atoms with Gasteiger partial charge >= 0.3 is 0 Å². The van der Waals surface area contributed by atoms with Crippen LogP contribution in [0.5, 0.6) is 0 Å². The van der Waals surface area contributed by atoms with Gasteiger partial charge in [-0.15, -0.1) is 0 Å². The molecule has 2 aliphatic heterocycles. The fraction of sp³-hybridized carbons (Fsp3) is 0.520. The van der Waals surface area contributed by atoms with E-state index in [1.54, 1.807) is 12.1 Å². The number of carbonyl (C=O) groups is 1. The molecule has 0 bridgehead atoms. The summed E-state index contributed by atoms with van der Waals surface area (Å²) in [6, 6.07) is 12.6. The summed E-state index contributed by atoms with van der Waals surface area (Å²) in [6.45, 7) is 7.16. The molecule has 1 aromatic heterocycles. The van der Waals surface area contributed by atoms with Crippen molar-refractivity contribution in [3.63, 3.8) is 0 Å². The minimum absolute atomic E-state index is 0.217. The molecule has 0 aliphatic carbocycles. The lowest BCUT2D eigenvalue weighted by Crippen LogP contribution is -2.44. The van der Waals surface area contributed by atoms with Crippen LogP contribution in [-0.2, 0) is 16.0 Å². The highest BCUT2D eigenvalue weighted by Gasteiger charge is 2.29. The third-order valence-corrected chi connectivity index (χ3v) is 6.52. The Morgan fingerprint density at radius 2 is 1.94 bits per heavy atom. The van der Waals surface area contributed by atoms with Crippen molar-refractivity contribution in [2.24, 2.45) is 5.92 Å². The summed E-state index contributed by atoms with van der Waals surface area (Å²) in [5.41, 5.74) is 2.24. The molecule has 166 valence electrons. The lowest BCUT2D eigenvalue weighted by atomic mass is 9.93. The first kappa shape index (κ1) is 21.9. The zero-order valence-corrected chi connectivity index (χ0v) is 18.3. The Kier molecular flexibility index (Phi) is 7.30. The van der Waals surface area contributed by atoms with Crippen LogP contribution >= 0.6 is 0 Å². The SMILES string of the molecule is CCN1CCC(CC(=O)N2CCO[C@@H](c3cccc(Cc4ccccc4F)n3)C2)CC1. The Morgan fingerprint density at radius 3 is 2.71 bits per heavy atom. The maximum atomic E-state index is 14.0. The molecule has 3 heterocycles. The first-order valence-electron chi connectivity index (χ1n) is 11.4. The van der Waals surface area contributed by atoms with Gasteiger partial charge in [-0.1, -0.05) is 31.2 Å². The van der Waals surface area contributed by atoms with Crippen molar-refractivity contribution in [2.45, 2.75) is 38.7 Å². The number of nitrogens with zero attached hydrogens (tertiary/aromatic N) is 3. The number of halogens is 1. The second-order valence-electron chi connectivity index (χ2n) is 8.60. The summed E-state index contributed by atoms with van der Waals surface area (Å²) in [5, 5.41) is 0. The number of rotatable bonds is 6. The number of benzene rings is 1. The standard InChI is InChI=1S/C25H32FN3O2/c1-2-28-12-10-19(11-13-28)16-25(30)29-14-15-31-24(18-29)23-9-5-7-21(27-23)17-20-6-3-4-8-22(20)26/h3-9,19,24H,2,10-18H2,1H3/t24-/m1/s1. The zero-order valence-electron chi connectivity index (χ0n) is 18.3. The first-order chi connectivity index (χ1) is 15.1. The first-order valence-corrected chi connectivity index (χ1v) is 11.4. The van der Waals surface area contributed by atoms with Gasteiger partial charge in [-0.2, -0.15) is 0 Å². The molecule has 1 atom stereocenters. The van der Waals surface area contributed by atoms with Gasteiger partial charge in [0.1, 0.15) is 11.9 Å². The predicted molar refractivity (Wildman–Crippen MR) is 118 cm³/mol. The molecule has 6 heteroatoms. The van der Waals surface area contributed by atoms with E-state index in [0.29, 0.717) is 44.0 Å². The van der Waals surface area contributed by atoms with Gasteiger partial charge in [0.05, 0.1) is 18.8 Å². The molecule has 2 fully saturated rings. The van der Waals surface area contributed by atoms with Crippen molar-refractivity contribution >= 4 is 5.91 Å². The van der Waals surface area contributed by atoms with E-state index in [1.165, 1.54) is 6.07 Å². The molecule has 0 unspecified atom stereocenters. The minimum atomic E-state index is -0.236. The molecule has 31 heavy (non-hydrogen) atoms.